The number of anilines is 1. The van der Waals surface area contributed by atoms with Crippen LogP contribution in [0.25, 0.3) is 0 Å². The highest BCUT2D eigenvalue weighted by Crippen LogP contribution is 2.32. The van der Waals surface area contributed by atoms with E-state index in [0.29, 0.717) is 18.3 Å². The third-order valence-electron chi connectivity index (χ3n) is 7.21. The zero-order valence-electron chi connectivity index (χ0n) is 19.5. The summed E-state index contributed by atoms with van der Waals surface area (Å²) in [6.07, 6.45) is 3.04. The van der Waals surface area contributed by atoms with E-state index in [1.54, 1.807) is 12.1 Å². The van der Waals surface area contributed by atoms with Gasteiger partial charge in [-0.25, -0.2) is 0 Å². The Morgan fingerprint density at radius 2 is 1.64 bits per heavy atom. The highest BCUT2D eigenvalue weighted by atomic mass is 16.6. The van der Waals surface area contributed by atoms with Crippen molar-refractivity contribution in [3.05, 3.63) is 64.2 Å². The Morgan fingerprint density at radius 3 is 2.27 bits per heavy atom. The van der Waals surface area contributed by atoms with Crippen LogP contribution in [0.2, 0.25) is 0 Å². The van der Waals surface area contributed by atoms with Gasteiger partial charge in [-0.1, -0.05) is 19.1 Å². The first-order valence-electron chi connectivity index (χ1n) is 11.9. The molecule has 2 saturated heterocycles. The highest BCUT2D eigenvalue weighted by Gasteiger charge is 2.30. The molecular formula is C26H33N3O4. The van der Waals surface area contributed by atoms with Gasteiger partial charge in [-0.15, -0.1) is 0 Å². The van der Waals surface area contributed by atoms with Gasteiger partial charge in [0.25, 0.3) is 5.69 Å². The van der Waals surface area contributed by atoms with E-state index in [1.807, 2.05) is 38.1 Å². The predicted octanol–water partition coefficient (Wildman–Crippen LogP) is 4.66. The van der Waals surface area contributed by atoms with Gasteiger partial charge in [0.2, 0.25) is 0 Å². The molecule has 0 spiro atoms. The minimum absolute atomic E-state index is 0.0170. The van der Waals surface area contributed by atoms with Crippen LogP contribution >= 0.6 is 0 Å². The number of non-ortho nitro benzene ring substituents is 1. The minimum atomic E-state index is -0.362. The van der Waals surface area contributed by atoms with Gasteiger partial charge in [0.1, 0.15) is 12.4 Å². The van der Waals surface area contributed by atoms with Crippen LogP contribution in [-0.2, 0) is 4.79 Å². The fraction of sp³-hybridized carbons (Fsp3) is 0.500. The quantitative estimate of drug-likeness (QED) is 0.450. The van der Waals surface area contributed by atoms with Crippen LogP contribution in [-0.4, -0.2) is 54.4 Å². The standard InChI is InChI=1S/C26H33N3O4/c1-19-11-14-27(20(2)26(19)30)17-18-33-25-9-3-21(4-10-25)22-12-15-28(16-13-22)23-5-7-24(8-6-23)29(31)32/h3-10,19-20,22H,11-18H2,1-2H3/t19?,20-/m1/s1. The number of Topliss-reactive ketones (excluding diaryl/α,β-unsaturated/α-hetero) is 1. The number of ketones is 1. The maximum absolute atomic E-state index is 12.2. The van der Waals surface area contributed by atoms with Crippen molar-refractivity contribution in [2.45, 2.75) is 45.1 Å². The number of nitro benzene ring substituents is 1. The van der Waals surface area contributed by atoms with Crippen LogP contribution in [0.4, 0.5) is 11.4 Å². The van der Waals surface area contributed by atoms with Gasteiger partial charge in [-0.2, -0.15) is 0 Å². The van der Waals surface area contributed by atoms with Crippen LogP contribution in [0.3, 0.4) is 0 Å². The number of nitrogens with zero attached hydrogens (tertiary/aromatic N) is 3. The van der Waals surface area contributed by atoms with Crippen molar-refractivity contribution in [3.63, 3.8) is 0 Å². The summed E-state index contributed by atoms with van der Waals surface area (Å²) >= 11 is 0. The van der Waals surface area contributed by atoms with E-state index in [2.05, 4.69) is 21.9 Å². The summed E-state index contributed by atoms with van der Waals surface area (Å²) in [5.41, 5.74) is 2.50. The number of piperidine rings is 2. The SMILES string of the molecule is CC1CCN(CCOc2ccc(C3CCN(c4ccc([N+](=O)[O-])cc4)CC3)cc2)[C@H](C)C1=O. The number of hydrogen-bond donors (Lipinski definition) is 0. The monoisotopic (exact) mass is 451 g/mol. The van der Waals surface area contributed by atoms with E-state index < -0.39 is 0 Å². The molecule has 2 atom stereocenters. The summed E-state index contributed by atoms with van der Waals surface area (Å²) in [5.74, 6) is 1.89. The first-order valence-corrected chi connectivity index (χ1v) is 11.9. The van der Waals surface area contributed by atoms with E-state index >= 15 is 0 Å². The number of carbonyl (C=O) groups is 1. The van der Waals surface area contributed by atoms with Gasteiger partial charge in [0.15, 0.2) is 5.78 Å². The molecule has 0 bridgehead atoms. The van der Waals surface area contributed by atoms with Crippen molar-refractivity contribution in [2.24, 2.45) is 5.92 Å². The van der Waals surface area contributed by atoms with E-state index in [1.165, 1.54) is 5.56 Å². The lowest BCUT2D eigenvalue weighted by molar-refractivity contribution is -0.384. The second-order valence-electron chi connectivity index (χ2n) is 9.26. The zero-order chi connectivity index (χ0) is 23.4. The summed E-state index contributed by atoms with van der Waals surface area (Å²) in [4.78, 5) is 27.2. The number of hydrogen-bond acceptors (Lipinski definition) is 6. The Hall–Kier alpha value is -2.93. The molecule has 1 unspecified atom stereocenters. The summed E-state index contributed by atoms with van der Waals surface area (Å²) in [6.45, 7) is 8.20. The third kappa shape index (κ3) is 5.53. The summed E-state index contributed by atoms with van der Waals surface area (Å²) < 4.78 is 5.95. The van der Waals surface area contributed by atoms with Gasteiger partial charge in [0, 0.05) is 43.4 Å². The average molecular weight is 452 g/mol. The molecule has 0 aromatic heterocycles. The van der Waals surface area contributed by atoms with Crippen LogP contribution < -0.4 is 9.64 Å². The fourth-order valence-electron chi connectivity index (χ4n) is 4.97. The van der Waals surface area contributed by atoms with Crippen molar-refractivity contribution in [3.8, 4) is 5.75 Å². The molecule has 0 radical (unpaired) electrons. The molecule has 2 aromatic carbocycles. The van der Waals surface area contributed by atoms with Crippen molar-refractivity contribution < 1.29 is 14.5 Å². The van der Waals surface area contributed by atoms with Crippen LogP contribution in [0.5, 0.6) is 5.75 Å². The van der Waals surface area contributed by atoms with E-state index in [-0.39, 0.29) is 22.6 Å². The molecule has 2 aliphatic rings. The van der Waals surface area contributed by atoms with E-state index in [4.69, 9.17) is 4.74 Å². The van der Waals surface area contributed by atoms with Crippen LogP contribution in [0, 0.1) is 16.0 Å². The third-order valence-corrected chi connectivity index (χ3v) is 7.21. The van der Waals surface area contributed by atoms with E-state index in [9.17, 15) is 14.9 Å². The molecule has 0 amide bonds. The zero-order valence-corrected chi connectivity index (χ0v) is 19.5. The highest BCUT2D eigenvalue weighted by molar-refractivity contribution is 5.86. The van der Waals surface area contributed by atoms with Crippen molar-refractivity contribution in [2.75, 3.05) is 37.7 Å². The van der Waals surface area contributed by atoms with Gasteiger partial charge in [-0.05, 0) is 68.5 Å². The van der Waals surface area contributed by atoms with Crippen LogP contribution in [0.15, 0.2) is 48.5 Å². The lowest BCUT2D eigenvalue weighted by Crippen LogP contribution is -2.48. The Balaban J connectivity index is 1.23. The maximum atomic E-state index is 12.2. The topological polar surface area (TPSA) is 75.9 Å². The average Bonchev–Trinajstić information content (AvgIpc) is 2.84. The molecule has 2 fully saturated rings. The van der Waals surface area contributed by atoms with Gasteiger partial charge < -0.3 is 9.64 Å². The van der Waals surface area contributed by atoms with E-state index in [0.717, 1.165) is 56.9 Å². The molecule has 33 heavy (non-hydrogen) atoms. The Morgan fingerprint density at radius 1 is 0.970 bits per heavy atom. The summed E-state index contributed by atoms with van der Waals surface area (Å²) in [5, 5.41) is 10.8. The maximum Gasteiger partial charge on any atom is 0.269 e. The van der Waals surface area contributed by atoms with Crippen LogP contribution in [0.1, 0.15) is 44.6 Å². The predicted molar refractivity (Wildman–Crippen MR) is 129 cm³/mol. The van der Waals surface area contributed by atoms with Gasteiger partial charge in [-0.3, -0.25) is 19.8 Å². The molecular weight excluding hydrogens is 418 g/mol. The number of nitro groups is 1. The molecule has 7 heteroatoms. The smallest absolute Gasteiger partial charge is 0.269 e. The molecule has 4 rings (SSSR count). The molecule has 0 N–H and O–H groups in total. The van der Waals surface area contributed by atoms with Crippen molar-refractivity contribution in [1.82, 2.24) is 4.90 Å². The first kappa shape index (κ1) is 23.2. The lowest BCUT2D eigenvalue weighted by atomic mass is 9.89. The Kier molecular flexibility index (Phi) is 7.28. The van der Waals surface area contributed by atoms with Crippen molar-refractivity contribution >= 4 is 17.2 Å². The Bertz CT molecular complexity index is 953. The second-order valence-corrected chi connectivity index (χ2v) is 9.26. The molecule has 2 heterocycles. The van der Waals surface area contributed by atoms with Crippen molar-refractivity contribution in [1.29, 1.82) is 0 Å². The fourth-order valence-corrected chi connectivity index (χ4v) is 4.97. The molecule has 2 aromatic rings. The number of ether oxygens (including phenoxy) is 1. The van der Waals surface area contributed by atoms with Gasteiger partial charge >= 0.3 is 0 Å². The molecule has 176 valence electrons. The molecule has 0 aliphatic carbocycles. The number of carbonyl (C=O) groups excluding carboxylic acids is 1. The largest absolute Gasteiger partial charge is 0.492 e. The Labute approximate surface area is 195 Å². The second kappa shape index (κ2) is 10.3. The minimum Gasteiger partial charge on any atom is -0.492 e. The normalized spacial score (nSPS) is 22.4. The number of rotatable bonds is 7. The molecule has 2 aliphatic heterocycles. The molecule has 7 nitrogen and oxygen atoms in total. The molecule has 0 saturated carbocycles. The number of benzene rings is 2. The summed E-state index contributed by atoms with van der Waals surface area (Å²) in [7, 11) is 0. The lowest BCUT2D eigenvalue weighted by Gasteiger charge is -2.35. The van der Waals surface area contributed by atoms with Gasteiger partial charge in [0.05, 0.1) is 11.0 Å². The summed E-state index contributed by atoms with van der Waals surface area (Å²) in [6, 6.07) is 15.2. The first-order chi connectivity index (χ1) is 15.9. The number of likely N-dealkylation sites (tertiary alicyclic amines) is 1.